The van der Waals surface area contributed by atoms with Crippen LogP contribution in [0.4, 0.5) is 5.95 Å². The summed E-state index contributed by atoms with van der Waals surface area (Å²) in [5.41, 5.74) is 9.08. The van der Waals surface area contributed by atoms with E-state index in [9.17, 15) is 0 Å². The lowest BCUT2D eigenvalue weighted by Crippen LogP contribution is -2.34. The Morgan fingerprint density at radius 1 is 1.53 bits per heavy atom. The Hall–Kier alpha value is -1.46. The third-order valence-electron chi connectivity index (χ3n) is 3.82. The number of hydrogen-bond donors (Lipinski definition) is 1. The zero-order valence-corrected chi connectivity index (χ0v) is 12.1. The average Bonchev–Trinajstić information content (AvgIpc) is 2.88. The van der Waals surface area contributed by atoms with E-state index in [0.29, 0.717) is 12.6 Å². The average molecular weight is 274 g/mol. The summed E-state index contributed by atoms with van der Waals surface area (Å²) >= 11 is 1.85. The van der Waals surface area contributed by atoms with Gasteiger partial charge in [-0.25, -0.2) is 9.97 Å². The Morgan fingerprint density at radius 2 is 2.37 bits per heavy atom. The van der Waals surface area contributed by atoms with Gasteiger partial charge in [0.25, 0.3) is 0 Å². The Balaban J connectivity index is 1.93. The van der Waals surface area contributed by atoms with Gasteiger partial charge in [0, 0.05) is 35.4 Å². The maximum atomic E-state index is 5.66. The van der Waals surface area contributed by atoms with Crippen LogP contribution < -0.4 is 10.6 Å². The summed E-state index contributed by atoms with van der Waals surface area (Å²) < 4.78 is 0. The fourth-order valence-electron chi connectivity index (χ4n) is 2.60. The molecule has 2 aromatic rings. The summed E-state index contributed by atoms with van der Waals surface area (Å²) in [6.45, 7) is 5.70. The topological polar surface area (TPSA) is 55.0 Å². The molecule has 1 atom stereocenters. The van der Waals surface area contributed by atoms with Crippen molar-refractivity contribution >= 4 is 17.3 Å². The van der Waals surface area contributed by atoms with Gasteiger partial charge in [-0.15, -0.1) is 11.3 Å². The van der Waals surface area contributed by atoms with Gasteiger partial charge in [0.1, 0.15) is 0 Å². The van der Waals surface area contributed by atoms with E-state index in [1.54, 1.807) is 0 Å². The largest absolute Gasteiger partial charge is 0.334 e. The van der Waals surface area contributed by atoms with Crippen molar-refractivity contribution < 1.29 is 0 Å². The third-order valence-corrected chi connectivity index (χ3v) is 4.82. The molecule has 1 aliphatic heterocycles. The van der Waals surface area contributed by atoms with Crippen LogP contribution in [0.25, 0.3) is 0 Å². The smallest absolute Gasteiger partial charge is 0.226 e. The van der Waals surface area contributed by atoms with Gasteiger partial charge in [-0.2, -0.15) is 0 Å². The van der Waals surface area contributed by atoms with Crippen molar-refractivity contribution in [3.05, 3.63) is 39.3 Å². The van der Waals surface area contributed by atoms with E-state index in [2.05, 4.69) is 33.2 Å². The molecule has 100 valence electrons. The molecule has 0 aliphatic carbocycles. The molecule has 2 N–H and O–H groups in total. The third kappa shape index (κ3) is 2.13. The van der Waals surface area contributed by atoms with Crippen LogP contribution >= 0.6 is 11.3 Å². The van der Waals surface area contributed by atoms with Crippen LogP contribution in [0.15, 0.2) is 17.6 Å². The van der Waals surface area contributed by atoms with Gasteiger partial charge in [-0.05, 0) is 37.3 Å². The first-order chi connectivity index (χ1) is 9.20. The van der Waals surface area contributed by atoms with Gasteiger partial charge in [0.05, 0.1) is 6.04 Å². The van der Waals surface area contributed by atoms with E-state index in [1.807, 2.05) is 24.5 Å². The fourth-order valence-corrected chi connectivity index (χ4v) is 3.56. The van der Waals surface area contributed by atoms with Crippen molar-refractivity contribution in [1.29, 1.82) is 0 Å². The zero-order valence-electron chi connectivity index (χ0n) is 11.3. The Labute approximate surface area is 117 Å². The summed E-state index contributed by atoms with van der Waals surface area (Å²) in [5, 5.41) is 2.17. The predicted octanol–water partition coefficient (Wildman–Crippen LogP) is 2.43. The predicted molar refractivity (Wildman–Crippen MR) is 78.4 cm³/mol. The van der Waals surface area contributed by atoms with Gasteiger partial charge in [0.15, 0.2) is 0 Å². The van der Waals surface area contributed by atoms with E-state index in [4.69, 9.17) is 5.73 Å². The van der Waals surface area contributed by atoms with Crippen LogP contribution in [0, 0.1) is 6.92 Å². The Kier molecular flexibility index (Phi) is 3.24. The standard InChI is InChI=1S/C14H18N4S/c1-9-11(7-15)8-16-14(17-9)18-5-3-13-12(10(18)2)4-6-19-13/h4,6,8,10H,3,5,7,15H2,1-2H3. The first-order valence-electron chi connectivity index (χ1n) is 6.56. The molecular weight excluding hydrogens is 256 g/mol. The number of thiophene rings is 1. The fraction of sp³-hybridized carbons (Fsp3) is 0.429. The molecule has 3 heterocycles. The second kappa shape index (κ2) is 4.90. The summed E-state index contributed by atoms with van der Waals surface area (Å²) in [4.78, 5) is 12.9. The maximum Gasteiger partial charge on any atom is 0.226 e. The molecule has 0 aromatic carbocycles. The van der Waals surface area contributed by atoms with E-state index in [1.165, 1.54) is 10.4 Å². The number of aromatic nitrogens is 2. The molecule has 1 unspecified atom stereocenters. The van der Waals surface area contributed by atoms with Crippen LogP contribution in [-0.2, 0) is 13.0 Å². The van der Waals surface area contributed by atoms with Crippen LogP contribution in [0.1, 0.15) is 34.7 Å². The molecule has 5 heteroatoms. The van der Waals surface area contributed by atoms with E-state index >= 15 is 0 Å². The highest BCUT2D eigenvalue weighted by molar-refractivity contribution is 7.10. The Morgan fingerprint density at radius 3 is 3.11 bits per heavy atom. The molecule has 2 aromatic heterocycles. The van der Waals surface area contributed by atoms with Crippen LogP contribution in [0.2, 0.25) is 0 Å². The summed E-state index contributed by atoms with van der Waals surface area (Å²) in [6.07, 6.45) is 2.94. The van der Waals surface area contributed by atoms with Crippen LogP contribution in [-0.4, -0.2) is 16.5 Å². The first kappa shape index (κ1) is 12.6. The number of anilines is 1. The molecule has 1 aliphatic rings. The van der Waals surface area contributed by atoms with E-state index < -0.39 is 0 Å². The molecule has 0 radical (unpaired) electrons. The molecule has 3 rings (SSSR count). The van der Waals surface area contributed by atoms with Crippen molar-refractivity contribution in [1.82, 2.24) is 9.97 Å². The minimum absolute atomic E-state index is 0.345. The Bertz CT molecular complexity index is 593. The summed E-state index contributed by atoms with van der Waals surface area (Å²) in [5.74, 6) is 0.819. The van der Waals surface area contributed by atoms with Crippen molar-refractivity contribution in [3.8, 4) is 0 Å². The van der Waals surface area contributed by atoms with Gasteiger partial charge in [0.2, 0.25) is 5.95 Å². The number of nitrogens with two attached hydrogens (primary N) is 1. The number of rotatable bonds is 2. The van der Waals surface area contributed by atoms with Gasteiger partial charge in [-0.1, -0.05) is 0 Å². The lowest BCUT2D eigenvalue weighted by atomic mass is 10.0. The number of hydrogen-bond acceptors (Lipinski definition) is 5. The van der Waals surface area contributed by atoms with Crippen molar-refractivity contribution in [2.24, 2.45) is 5.73 Å². The van der Waals surface area contributed by atoms with Crippen LogP contribution in [0.3, 0.4) is 0 Å². The molecule has 0 fully saturated rings. The van der Waals surface area contributed by atoms with Crippen molar-refractivity contribution in [2.75, 3.05) is 11.4 Å². The zero-order chi connectivity index (χ0) is 13.4. The molecule has 0 saturated heterocycles. The molecule has 0 amide bonds. The molecule has 4 nitrogen and oxygen atoms in total. The first-order valence-corrected chi connectivity index (χ1v) is 7.44. The van der Waals surface area contributed by atoms with E-state index in [-0.39, 0.29) is 0 Å². The molecule has 0 saturated carbocycles. The highest BCUT2D eigenvalue weighted by Gasteiger charge is 2.26. The van der Waals surface area contributed by atoms with Crippen LogP contribution in [0.5, 0.6) is 0 Å². The highest BCUT2D eigenvalue weighted by atomic mass is 32.1. The minimum atomic E-state index is 0.345. The number of aryl methyl sites for hydroxylation is 1. The second-order valence-corrected chi connectivity index (χ2v) is 5.90. The number of fused-ring (bicyclic) bond motifs is 1. The van der Waals surface area contributed by atoms with E-state index in [0.717, 1.165) is 30.2 Å². The second-order valence-electron chi connectivity index (χ2n) is 4.90. The minimum Gasteiger partial charge on any atom is -0.334 e. The van der Waals surface area contributed by atoms with Crippen molar-refractivity contribution in [2.45, 2.75) is 32.9 Å². The maximum absolute atomic E-state index is 5.66. The lowest BCUT2D eigenvalue weighted by Gasteiger charge is -2.33. The molecule has 19 heavy (non-hydrogen) atoms. The monoisotopic (exact) mass is 274 g/mol. The lowest BCUT2D eigenvalue weighted by molar-refractivity contribution is 0.613. The normalized spacial score (nSPS) is 18.5. The quantitative estimate of drug-likeness (QED) is 0.914. The molecular formula is C14H18N4S. The van der Waals surface area contributed by atoms with Crippen molar-refractivity contribution in [3.63, 3.8) is 0 Å². The van der Waals surface area contributed by atoms with Gasteiger partial charge >= 0.3 is 0 Å². The summed E-state index contributed by atoms with van der Waals surface area (Å²) in [6, 6.07) is 2.57. The molecule has 0 spiro atoms. The molecule has 0 bridgehead atoms. The van der Waals surface area contributed by atoms with Gasteiger partial charge < -0.3 is 10.6 Å². The SMILES string of the molecule is Cc1nc(N2CCc3sccc3C2C)ncc1CN. The van der Waals surface area contributed by atoms with Gasteiger partial charge in [-0.3, -0.25) is 0 Å². The number of nitrogens with zero attached hydrogens (tertiary/aromatic N) is 3. The highest BCUT2D eigenvalue weighted by Crippen LogP contribution is 2.34. The summed E-state index contributed by atoms with van der Waals surface area (Å²) in [7, 11) is 0.